The Morgan fingerprint density at radius 3 is 2.39 bits per heavy atom. The number of rotatable bonds is 12. The van der Waals surface area contributed by atoms with Crippen molar-refractivity contribution in [2.45, 2.75) is 35.7 Å². The fourth-order valence-corrected chi connectivity index (χ4v) is 9.49. The van der Waals surface area contributed by atoms with Crippen LogP contribution in [0.1, 0.15) is 17.5 Å². The number of hydrogen-bond donors (Lipinski definition) is 3. The number of thiazole rings is 2. The van der Waals surface area contributed by atoms with Crippen molar-refractivity contribution in [3.63, 3.8) is 0 Å². The number of halogens is 2. The zero-order valence-corrected chi connectivity index (χ0v) is 29.9. The van der Waals surface area contributed by atoms with Crippen LogP contribution >= 0.6 is 22.7 Å². The van der Waals surface area contributed by atoms with E-state index in [4.69, 9.17) is 0 Å². The third-order valence-corrected chi connectivity index (χ3v) is 12.5. The van der Waals surface area contributed by atoms with Gasteiger partial charge in [0.2, 0.25) is 0 Å². The number of likely N-dealkylation sites (N-methyl/N-ethyl adjacent to an activating group) is 1. The van der Waals surface area contributed by atoms with E-state index in [0.717, 1.165) is 60.9 Å². The summed E-state index contributed by atoms with van der Waals surface area (Å²) in [7, 11) is -5.53. The summed E-state index contributed by atoms with van der Waals surface area (Å²) >= 11 is 2.15. The predicted octanol–water partition coefficient (Wildman–Crippen LogP) is 6.21. The standard InChI is InChI=1S/C32H33F2N7O4S4/c1-20-11-28(25(34)14-27(20)40(3)22-9-10-41(16-22)15-21-7-5-4-6-8-21)49(44,45)39-32-31(47-19-37-32)23-12-29(24(33)13-26(23)35-2)48(42,43)38-30-17-46-18-36-30/h4-8,11-14,17-19,22,35,38-39H,9-10,15-16H2,1-3H3. The van der Waals surface area contributed by atoms with E-state index in [1.54, 1.807) is 6.92 Å². The van der Waals surface area contributed by atoms with Crippen LogP contribution in [0.3, 0.4) is 0 Å². The molecule has 1 atom stereocenters. The van der Waals surface area contributed by atoms with Crippen LogP contribution in [0.4, 0.5) is 31.8 Å². The molecule has 0 bridgehead atoms. The SMILES string of the molecule is CNc1cc(F)c(S(=O)(=O)Nc2cscn2)cc1-c1scnc1NS(=O)(=O)c1cc(C)c(N(C)C2CCN(Cc3ccccc3)C2)cc1F. The summed E-state index contributed by atoms with van der Waals surface area (Å²) in [5, 5.41) is 4.26. The van der Waals surface area contributed by atoms with Crippen molar-refractivity contribution in [2.24, 2.45) is 0 Å². The molecule has 49 heavy (non-hydrogen) atoms. The molecule has 1 unspecified atom stereocenters. The molecule has 3 N–H and O–H groups in total. The second-order valence-corrected chi connectivity index (χ2v) is 16.4. The van der Waals surface area contributed by atoms with Gasteiger partial charge in [0.25, 0.3) is 20.0 Å². The molecule has 0 amide bonds. The summed E-state index contributed by atoms with van der Waals surface area (Å²) in [4.78, 5) is 11.3. The summed E-state index contributed by atoms with van der Waals surface area (Å²) in [6, 6.07) is 14.9. The predicted molar refractivity (Wildman–Crippen MR) is 190 cm³/mol. The summed E-state index contributed by atoms with van der Waals surface area (Å²) < 4.78 is 88.8. The van der Waals surface area contributed by atoms with Crippen LogP contribution in [0.5, 0.6) is 0 Å². The van der Waals surface area contributed by atoms with E-state index in [-0.39, 0.29) is 33.8 Å². The number of likely N-dealkylation sites (tertiary alicyclic amines) is 1. The van der Waals surface area contributed by atoms with E-state index in [0.29, 0.717) is 11.3 Å². The maximum Gasteiger partial charge on any atom is 0.266 e. The van der Waals surface area contributed by atoms with Gasteiger partial charge in [0, 0.05) is 62.1 Å². The molecule has 17 heteroatoms. The third-order valence-electron chi connectivity index (χ3n) is 8.31. The second kappa shape index (κ2) is 14.0. The van der Waals surface area contributed by atoms with Gasteiger partial charge in [-0.25, -0.2) is 35.6 Å². The minimum absolute atomic E-state index is 0.0256. The van der Waals surface area contributed by atoms with E-state index in [2.05, 4.69) is 41.8 Å². The van der Waals surface area contributed by atoms with E-state index in [9.17, 15) is 16.8 Å². The molecule has 11 nitrogen and oxygen atoms in total. The molecule has 0 spiro atoms. The fraction of sp³-hybridized carbons (Fsp3) is 0.250. The van der Waals surface area contributed by atoms with Crippen molar-refractivity contribution in [2.75, 3.05) is 46.8 Å². The summed E-state index contributed by atoms with van der Waals surface area (Å²) in [5.41, 5.74) is 5.48. The van der Waals surface area contributed by atoms with E-state index in [1.165, 1.54) is 41.1 Å². The normalized spacial score (nSPS) is 15.3. The Kier molecular flexibility index (Phi) is 9.90. The lowest BCUT2D eigenvalue weighted by Gasteiger charge is -2.29. The monoisotopic (exact) mass is 745 g/mol. The van der Waals surface area contributed by atoms with Crippen LogP contribution in [-0.4, -0.2) is 64.9 Å². The number of nitrogens with one attached hydrogen (secondary N) is 3. The molecular formula is C32H33F2N7O4S4. The average molecular weight is 746 g/mol. The van der Waals surface area contributed by atoms with Gasteiger partial charge in [0.05, 0.1) is 15.9 Å². The van der Waals surface area contributed by atoms with E-state index in [1.807, 2.05) is 30.1 Å². The van der Waals surface area contributed by atoms with Gasteiger partial charge in [0.15, 0.2) is 11.6 Å². The zero-order valence-electron chi connectivity index (χ0n) is 26.6. The highest BCUT2D eigenvalue weighted by molar-refractivity contribution is 7.93. The van der Waals surface area contributed by atoms with Crippen molar-refractivity contribution in [1.29, 1.82) is 0 Å². The van der Waals surface area contributed by atoms with Gasteiger partial charge in [-0.15, -0.1) is 22.7 Å². The van der Waals surface area contributed by atoms with Crippen molar-refractivity contribution >= 4 is 65.7 Å². The number of nitrogens with zero attached hydrogens (tertiary/aromatic N) is 4. The zero-order chi connectivity index (χ0) is 34.9. The van der Waals surface area contributed by atoms with Gasteiger partial charge in [-0.05, 0) is 48.7 Å². The van der Waals surface area contributed by atoms with Gasteiger partial charge in [0.1, 0.15) is 21.4 Å². The Morgan fingerprint density at radius 1 is 0.959 bits per heavy atom. The van der Waals surface area contributed by atoms with Gasteiger partial charge in [-0.1, -0.05) is 30.3 Å². The highest BCUT2D eigenvalue weighted by Crippen LogP contribution is 2.40. The number of benzene rings is 3. The summed E-state index contributed by atoms with van der Waals surface area (Å²) in [6.07, 6.45) is 0.876. The van der Waals surface area contributed by atoms with E-state index < -0.39 is 41.5 Å². The molecule has 0 radical (unpaired) electrons. The largest absolute Gasteiger partial charge is 0.388 e. The first kappa shape index (κ1) is 34.7. The molecule has 1 saturated heterocycles. The Balaban J connectivity index is 1.24. The highest BCUT2D eigenvalue weighted by Gasteiger charge is 2.30. The second-order valence-electron chi connectivity index (χ2n) is 11.5. The Bertz CT molecular complexity index is 2180. The van der Waals surface area contributed by atoms with Crippen LogP contribution in [0.15, 0.2) is 80.8 Å². The topological polar surface area (TPSA) is 137 Å². The van der Waals surface area contributed by atoms with Crippen LogP contribution in [0, 0.1) is 18.6 Å². The van der Waals surface area contributed by atoms with Gasteiger partial charge < -0.3 is 10.2 Å². The lowest BCUT2D eigenvalue weighted by molar-refractivity contribution is 0.326. The number of aromatic nitrogens is 2. The number of anilines is 4. The van der Waals surface area contributed by atoms with E-state index >= 15 is 8.78 Å². The molecule has 5 aromatic rings. The summed E-state index contributed by atoms with van der Waals surface area (Å²) in [5.74, 6) is -2.12. The maximum atomic E-state index is 15.7. The minimum Gasteiger partial charge on any atom is -0.388 e. The highest BCUT2D eigenvalue weighted by atomic mass is 32.2. The molecule has 0 saturated carbocycles. The van der Waals surface area contributed by atoms with Gasteiger partial charge in [-0.2, -0.15) is 0 Å². The number of hydrogen-bond acceptors (Lipinski definition) is 11. The Hall–Kier alpha value is -4.16. The molecule has 3 heterocycles. The molecule has 1 aliphatic heterocycles. The van der Waals surface area contributed by atoms with Gasteiger partial charge in [-0.3, -0.25) is 14.3 Å². The maximum absolute atomic E-state index is 15.7. The lowest BCUT2D eigenvalue weighted by atomic mass is 10.1. The quantitative estimate of drug-likeness (QED) is 0.136. The smallest absolute Gasteiger partial charge is 0.266 e. The Labute approximate surface area is 291 Å². The molecule has 2 aromatic heterocycles. The van der Waals surface area contributed by atoms with Crippen molar-refractivity contribution in [3.05, 3.63) is 93.8 Å². The third kappa shape index (κ3) is 7.40. The first-order valence-electron chi connectivity index (χ1n) is 15.0. The molecule has 3 aromatic carbocycles. The molecule has 258 valence electrons. The first-order valence-corrected chi connectivity index (χ1v) is 19.8. The minimum atomic E-state index is -4.51. The Morgan fingerprint density at radius 2 is 1.67 bits per heavy atom. The first-order chi connectivity index (χ1) is 23.4. The van der Waals surface area contributed by atoms with Crippen LogP contribution in [0.25, 0.3) is 10.4 Å². The molecule has 0 aliphatic carbocycles. The molecule has 1 fully saturated rings. The average Bonchev–Trinajstić information content (AvgIpc) is 3.85. The van der Waals surface area contributed by atoms with Crippen molar-refractivity contribution in [3.8, 4) is 10.4 Å². The number of sulfonamides is 2. The number of aryl methyl sites for hydroxylation is 1. The van der Waals surface area contributed by atoms with Crippen molar-refractivity contribution < 1.29 is 25.6 Å². The van der Waals surface area contributed by atoms with Crippen LogP contribution < -0.4 is 19.7 Å². The fourth-order valence-electron chi connectivity index (χ4n) is 5.84. The van der Waals surface area contributed by atoms with Crippen LogP contribution in [0.2, 0.25) is 0 Å². The molecular weight excluding hydrogens is 713 g/mol. The van der Waals surface area contributed by atoms with Crippen molar-refractivity contribution in [1.82, 2.24) is 14.9 Å². The summed E-state index contributed by atoms with van der Waals surface area (Å²) in [6.45, 7) is 4.21. The van der Waals surface area contributed by atoms with Crippen LogP contribution in [-0.2, 0) is 26.6 Å². The van der Waals surface area contributed by atoms with Gasteiger partial charge >= 0.3 is 0 Å². The lowest BCUT2D eigenvalue weighted by Crippen LogP contribution is -2.35. The molecule has 6 rings (SSSR count). The molecule has 1 aliphatic rings.